The monoisotopic (exact) mass is 316 g/mol. The zero-order valence-electron chi connectivity index (χ0n) is 14.6. The molecule has 3 rings (SSSR count). The summed E-state index contributed by atoms with van der Waals surface area (Å²) in [6.45, 7) is 10.1. The molecule has 0 bridgehead atoms. The van der Waals surface area contributed by atoms with Crippen LogP contribution in [0.4, 0.5) is 5.95 Å². The highest BCUT2D eigenvalue weighted by Crippen LogP contribution is 2.23. The van der Waals surface area contributed by atoms with E-state index in [4.69, 9.17) is 0 Å². The molecule has 2 saturated heterocycles. The SMILES string of the molecule is Cc1cc(C(=O)N2C[C@H](C)C[C@H](C)C2)nc(N2CCCCC2)n1. The van der Waals surface area contributed by atoms with Crippen LogP contribution in [0.5, 0.6) is 0 Å². The van der Waals surface area contributed by atoms with Crippen LogP contribution in [0, 0.1) is 18.8 Å². The number of aromatic nitrogens is 2. The summed E-state index contributed by atoms with van der Waals surface area (Å²) in [5.41, 5.74) is 1.43. The molecular formula is C18H28N4O. The Hall–Kier alpha value is -1.65. The minimum absolute atomic E-state index is 0.0622. The lowest BCUT2D eigenvalue weighted by atomic mass is 9.92. The Morgan fingerprint density at radius 3 is 2.39 bits per heavy atom. The number of aryl methyl sites for hydroxylation is 1. The van der Waals surface area contributed by atoms with E-state index in [0.29, 0.717) is 17.5 Å². The standard InChI is InChI=1S/C18H28N4O/c1-13-9-14(2)12-22(11-13)17(23)16-10-15(3)19-18(20-16)21-7-5-4-6-8-21/h10,13-14H,4-9,11-12H2,1-3H3/t13-,14+. The van der Waals surface area contributed by atoms with Crippen LogP contribution < -0.4 is 4.90 Å². The summed E-state index contributed by atoms with van der Waals surface area (Å²) in [6.07, 6.45) is 4.84. The fourth-order valence-corrected chi connectivity index (χ4v) is 3.89. The van der Waals surface area contributed by atoms with Gasteiger partial charge in [-0.2, -0.15) is 0 Å². The average Bonchev–Trinajstić information content (AvgIpc) is 2.53. The van der Waals surface area contributed by atoms with Gasteiger partial charge in [0.25, 0.3) is 5.91 Å². The molecule has 2 fully saturated rings. The fraction of sp³-hybridized carbons (Fsp3) is 0.722. The molecule has 1 aromatic heterocycles. The van der Waals surface area contributed by atoms with Crippen LogP contribution in [0.3, 0.4) is 0 Å². The van der Waals surface area contributed by atoms with Crippen molar-refractivity contribution in [3.63, 3.8) is 0 Å². The molecule has 0 unspecified atom stereocenters. The first-order valence-electron chi connectivity index (χ1n) is 8.93. The zero-order valence-corrected chi connectivity index (χ0v) is 14.6. The summed E-state index contributed by atoms with van der Waals surface area (Å²) in [5.74, 6) is 1.91. The largest absolute Gasteiger partial charge is 0.341 e. The Morgan fingerprint density at radius 2 is 1.74 bits per heavy atom. The lowest BCUT2D eigenvalue weighted by molar-refractivity contribution is 0.0617. The third kappa shape index (κ3) is 3.82. The van der Waals surface area contributed by atoms with E-state index < -0.39 is 0 Å². The Bertz CT molecular complexity index is 558. The molecule has 1 aromatic rings. The van der Waals surface area contributed by atoms with E-state index in [1.807, 2.05) is 17.9 Å². The van der Waals surface area contributed by atoms with E-state index >= 15 is 0 Å². The number of piperidine rings is 2. The van der Waals surface area contributed by atoms with E-state index in [1.165, 1.54) is 25.7 Å². The van der Waals surface area contributed by atoms with Crippen molar-refractivity contribution in [3.05, 3.63) is 17.5 Å². The fourth-order valence-electron chi connectivity index (χ4n) is 3.89. The van der Waals surface area contributed by atoms with Crippen molar-refractivity contribution in [1.29, 1.82) is 0 Å². The molecule has 23 heavy (non-hydrogen) atoms. The molecule has 1 amide bonds. The van der Waals surface area contributed by atoms with E-state index in [9.17, 15) is 4.79 Å². The average molecular weight is 316 g/mol. The lowest BCUT2D eigenvalue weighted by Crippen LogP contribution is -2.43. The molecule has 5 nitrogen and oxygen atoms in total. The highest BCUT2D eigenvalue weighted by atomic mass is 16.2. The van der Waals surface area contributed by atoms with E-state index in [0.717, 1.165) is 37.8 Å². The van der Waals surface area contributed by atoms with Crippen LogP contribution in [0.25, 0.3) is 0 Å². The van der Waals surface area contributed by atoms with Gasteiger partial charge in [0.1, 0.15) is 5.69 Å². The number of hydrogen-bond donors (Lipinski definition) is 0. The predicted octanol–water partition coefficient (Wildman–Crippen LogP) is 2.89. The number of hydrogen-bond acceptors (Lipinski definition) is 4. The second-order valence-corrected chi connectivity index (χ2v) is 7.40. The highest BCUT2D eigenvalue weighted by Gasteiger charge is 2.27. The minimum atomic E-state index is 0.0622. The lowest BCUT2D eigenvalue weighted by Gasteiger charge is -2.35. The Balaban J connectivity index is 1.81. The maximum atomic E-state index is 12.9. The van der Waals surface area contributed by atoms with Crippen molar-refractivity contribution in [2.75, 3.05) is 31.1 Å². The van der Waals surface area contributed by atoms with E-state index in [2.05, 4.69) is 28.7 Å². The molecule has 0 N–H and O–H groups in total. The van der Waals surface area contributed by atoms with Crippen molar-refractivity contribution < 1.29 is 4.79 Å². The van der Waals surface area contributed by atoms with Gasteiger partial charge in [0.2, 0.25) is 5.95 Å². The summed E-state index contributed by atoms with van der Waals surface area (Å²) in [7, 11) is 0. The van der Waals surface area contributed by atoms with Gasteiger partial charge in [0, 0.05) is 31.9 Å². The van der Waals surface area contributed by atoms with Gasteiger partial charge >= 0.3 is 0 Å². The Labute approximate surface area is 139 Å². The maximum absolute atomic E-state index is 12.9. The Morgan fingerprint density at radius 1 is 1.09 bits per heavy atom. The second kappa shape index (κ2) is 6.85. The van der Waals surface area contributed by atoms with Gasteiger partial charge in [-0.05, 0) is 50.5 Å². The number of likely N-dealkylation sites (tertiary alicyclic amines) is 1. The van der Waals surface area contributed by atoms with E-state index in [1.54, 1.807) is 0 Å². The molecule has 3 heterocycles. The van der Waals surface area contributed by atoms with Gasteiger partial charge in [0.15, 0.2) is 0 Å². The predicted molar refractivity (Wildman–Crippen MR) is 91.7 cm³/mol. The first-order chi connectivity index (χ1) is 11.0. The van der Waals surface area contributed by atoms with Gasteiger partial charge in [-0.15, -0.1) is 0 Å². The first kappa shape index (κ1) is 16.2. The second-order valence-electron chi connectivity index (χ2n) is 7.40. The van der Waals surface area contributed by atoms with Crippen molar-refractivity contribution in [3.8, 4) is 0 Å². The van der Waals surface area contributed by atoms with Gasteiger partial charge in [-0.1, -0.05) is 13.8 Å². The van der Waals surface area contributed by atoms with Crippen molar-refractivity contribution in [2.45, 2.75) is 46.5 Å². The van der Waals surface area contributed by atoms with Crippen LogP contribution in [0.15, 0.2) is 6.07 Å². The molecule has 0 radical (unpaired) electrons. The highest BCUT2D eigenvalue weighted by molar-refractivity contribution is 5.92. The van der Waals surface area contributed by atoms with Crippen LogP contribution in [0.2, 0.25) is 0 Å². The van der Waals surface area contributed by atoms with Crippen molar-refractivity contribution >= 4 is 11.9 Å². The molecule has 126 valence electrons. The molecule has 0 spiro atoms. The molecular weight excluding hydrogens is 288 g/mol. The molecule has 2 aliphatic rings. The normalized spacial score (nSPS) is 25.5. The number of carbonyl (C=O) groups excluding carboxylic acids is 1. The number of rotatable bonds is 2. The first-order valence-corrected chi connectivity index (χ1v) is 8.93. The smallest absolute Gasteiger partial charge is 0.272 e. The van der Waals surface area contributed by atoms with Gasteiger partial charge < -0.3 is 9.80 Å². The molecule has 2 aliphatic heterocycles. The van der Waals surface area contributed by atoms with Gasteiger partial charge in [0.05, 0.1) is 0 Å². The summed E-state index contributed by atoms with van der Waals surface area (Å²) in [5, 5.41) is 0. The zero-order chi connectivity index (χ0) is 16.4. The number of carbonyl (C=O) groups is 1. The molecule has 0 saturated carbocycles. The summed E-state index contributed by atoms with van der Waals surface area (Å²) in [4.78, 5) is 26.3. The van der Waals surface area contributed by atoms with Crippen LogP contribution in [0.1, 0.15) is 55.7 Å². The van der Waals surface area contributed by atoms with Crippen LogP contribution >= 0.6 is 0 Å². The van der Waals surface area contributed by atoms with Crippen molar-refractivity contribution in [2.24, 2.45) is 11.8 Å². The van der Waals surface area contributed by atoms with Crippen LogP contribution in [-0.4, -0.2) is 47.0 Å². The van der Waals surface area contributed by atoms with Crippen molar-refractivity contribution in [1.82, 2.24) is 14.9 Å². The third-order valence-electron chi connectivity index (χ3n) is 4.86. The quantitative estimate of drug-likeness (QED) is 0.842. The molecule has 5 heteroatoms. The third-order valence-corrected chi connectivity index (χ3v) is 4.86. The van der Waals surface area contributed by atoms with Gasteiger partial charge in [-0.3, -0.25) is 4.79 Å². The molecule has 0 aliphatic carbocycles. The Kier molecular flexibility index (Phi) is 4.83. The number of anilines is 1. The molecule has 0 aromatic carbocycles. The summed E-state index contributed by atoms with van der Waals surface area (Å²) >= 11 is 0. The number of nitrogens with zero attached hydrogens (tertiary/aromatic N) is 4. The number of amides is 1. The molecule has 2 atom stereocenters. The van der Waals surface area contributed by atoms with Crippen LogP contribution in [-0.2, 0) is 0 Å². The minimum Gasteiger partial charge on any atom is -0.341 e. The van der Waals surface area contributed by atoms with E-state index in [-0.39, 0.29) is 5.91 Å². The topological polar surface area (TPSA) is 49.3 Å². The summed E-state index contributed by atoms with van der Waals surface area (Å²) < 4.78 is 0. The maximum Gasteiger partial charge on any atom is 0.272 e. The van der Waals surface area contributed by atoms with Gasteiger partial charge in [-0.25, -0.2) is 9.97 Å². The summed E-state index contributed by atoms with van der Waals surface area (Å²) in [6, 6.07) is 1.83.